The van der Waals surface area contributed by atoms with Crippen LogP contribution >= 0.6 is 34.8 Å². The van der Waals surface area contributed by atoms with Crippen molar-refractivity contribution in [2.24, 2.45) is 0 Å². The zero-order valence-electron chi connectivity index (χ0n) is 11.4. The molecular weight excluding hydrogens is 405 g/mol. The van der Waals surface area contributed by atoms with Crippen LogP contribution in [0.1, 0.15) is 10.4 Å². The Morgan fingerprint density at radius 1 is 1.00 bits per heavy atom. The average molecular weight is 413 g/mol. The highest BCUT2D eigenvalue weighted by Gasteiger charge is 2.24. The molecule has 0 saturated carbocycles. The highest BCUT2D eigenvalue weighted by molar-refractivity contribution is 7.92. The summed E-state index contributed by atoms with van der Waals surface area (Å²) in [6.45, 7) is 0. The van der Waals surface area contributed by atoms with Gasteiger partial charge in [0.2, 0.25) is 0 Å². The molecule has 11 heteroatoms. The van der Waals surface area contributed by atoms with Gasteiger partial charge in [-0.25, -0.2) is 13.2 Å². The number of sulfonamides is 1. The number of aromatic carboxylic acids is 1. The molecule has 0 aliphatic heterocycles. The maximum Gasteiger partial charge on any atom is 0.339 e. The predicted octanol–water partition coefficient (Wildman–Crippen LogP) is 3.56. The Bertz CT molecular complexity index is 945. The van der Waals surface area contributed by atoms with E-state index in [2.05, 4.69) is 0 Å². The van der Waals surface area contributed by atoms with Gasteiger partial charge in [-0.05, 0) is 18.2 Å². The van der Waals surface area contributed by atoms with Crippen LogP contribution in [0.3, 0.4) is 0 Å². The number of carboxylic acids is 1. The zero-order valence-corrected chi connectivity index (χ0v) is 14.5. The monoisotopic (exact) mass is 411 g/mol. The molecule has 0 radical (unpaired) electrons. The van der Waals surface area contributed by atoms with Gasteiger partial charge in [0, 0.05) is 11.1 Å². The fraction of sp³-hybridized carbons (Fsp3) is 0. The van der Waals surface area contributed by atoms with E-state index in [9.17, 15) is 23.4 Å². The lowest BCUT2D eigenvalue weighted by Gasteiger charge is -2.13. The molecule has 7 nitrogen and oxygen atoms in total. The van der Waals surface area contributed by atoms with E-state index in [4.69, 9.17) is 39.9 Å². The molecule has 0 atom stereocenters. The average Bonchev–Trinajstić information content (AvgIpc) is 2.45. The summed E-state index contributed by atoms with van der Waals surface area (Å²) in [6.07, 6.45) is 0. The van der Waals surface area contributed by atoms with Crippen molar-refractivity contribution in [3.05, 3.63) is 44.9 Å². The largest absolute Gasteiger partial charge is 0.506 e. The highest BCUT2D eigenvalue weighted by Crippen LogP contribution is 2.36. The molecule has 2 aromatic rings. The lowest BCUT2D eigenvalue weighted by atomic mass is 10.2. The number of carbonyl (C=O) groups is 1. The first-order valence-electron chi connectivity index (χ1n) is 5.99. The SMILES string of the molecule is O=C(O)c1cc(Cl)cc(NS(=O)(=O)c2cc(Cl)c(Cl)cc2O)c1O. The highest BCUT2D eigenvalue weighted by atomic mass is 35.5. The molecule has 0 aliphatic rings. The van der Waals surface area contributed by atoms with Crippen molar-refractivity contribution in [3.8, 4) is 11.5 Å². The Balaban J connectivity index is 2.55. The van der Waals surface area contributed by atoms with Crippen molar-refractivity contribution in [2.75, 3.05) is 4.72 Å². The third-order valence-corrected chi connectivity index (χ3v) is 5.18. The Morgan fingerprint density at radius 3 is 2.17 bits per heavy atom. The second-order valence-electron chi connectivity index (χ2n) is 4.49. The molecule has 0 heterocycles. The van der Waals surface area contributed by atoms with Crippen molar-refractivity contribution >= 4 is 56.5 Å². The number of phenolic OH excluding ortho intramolecular Hbond substituents is 1. The first kappa shape index (κ1) is 18.5. The molecule has 0 unspecified atom stereocenters. The topological polar surface area (TPSA) is 124 Å². The summed E-state index contributed by atoms with van der Waals surface area (Å²) in [4.78, 5) is 10.4. The maximum absolute atomic E-state index is 12.4. The summed E-state index contributed by atoms with van der Waals surface area (Å²) in [5.74, 6) is -3.03. The fourth-order valence-corrected chi connectivity index (χ4v) is 3.54. The third kappa shape index (κ3) is 3.62. The van der Waals surface area contributed by atoms with Gasteiger partial charge in [0.15, 0.2) is 5.75 Å². The number of hydrogen-bond donors (Lipinski definition) is 4. The molecule has 2 rings (SSSR count). The van der Waals surface area contributed by atoms with Crippen molar-refractivity contribution in [1.29, 1.82) is 0 Å². The third-order valence-electron chi connectivity index (χ3n) is 2.84. The fourth-order valence-electron chi connectivity index (χ4n) is 1.77. The molecule has 0 spiro atoms. The minimum Gasteiger partial charge on any atom is -0.506 e. The van der Waals surface area contributed by atoms with Crippen LogP contribution < -0.4 is 4.72 Å². The van der Waals surface area contributed by atoms with Crippen LogP contribution in [0.2, 0.25) is 15.1 Å². The van der Waals surface area contributed by atoms with Gasteiger partial charge in [-0.15, -0.1) is 0 Å². The number of halogens is 3. The van der Waals surface area contributed by atoms with Crippen molar-refractivity contribution in [1.82, 2.24) is 0 Å². The standard InChI is InChI=1S/C13H8Cl3NO6S/c14-5-1-6(13(20)21)12(19)9(2-5)17-24(22,23)11-4-8(16)7(15)3-10(11)18/h1-4,17-19H,(H,20,21). The van der Waals surface area contributed by atoms with Gasteiger partial charge in [-0.2, -0.15) is 0 Å². The number of anilines is 1. The quantitative estimate of drug-likeness (QED) is 0.569. The van der Waals surface area contributed by atoms with E-state index >= 15 is 0 Å². The van der Waals surface area contributed by atoms with Gasteiger partial charge in [0.25, 0.3) is 10.0 Å². The maximum atomic E-state index is 12.4. The molecular formula is C13H8Cl3NO6S. The molecule has 2 aromatic carbocycles. The van der Waals surface area contributed by atoms with E-state index in [1.54, 1.807) is 0 Å². The number of phenols is 2. The number of rotatable bonds is 4. The summed E-state index contributed by atoms with van der Waals surface area (Å²) in [6, 6.07) is 3.79. The van der Waals surface area contributed by atoms with Gasteiger partial charge < -0.3 is 15.3 Å². The van der Waals surface area contributed by atoms with Gasteiger partial charge in [-0.3, -0.25) is 4.72 Å². The number of carboxylic acid groups (broad SMARTS) is 1. The van der Waals surface area contributed by atoms with E-state index in [0.29, 0.717) is 0 Å². The van der Waals surface area contributed by atoms with Gasteiger partial charge in [0.1, 0.15) is 16.2 Å². The summed E-state index contributed by atoms with van der Waals surface area (Å²) in [5.41, 5.74) is -1.08. The molecule has 0 aliphatic carbocycles. The summed E-state index contributed by atoms with van der Waals surface area (Å²) >= 11 is 17.1. The van der Waals surface area contributed by atoms with Crippen LogP contribution in [0.25, 0.3) is 0 Å². The Kier molecular flexibility index (Phi) is 5.05. The molecule has 128 valence electrons. The van der Waals surface area contributed by atoms with Gasteiger partial charge in [-0.1, -0.05) is 34.8 Å². The van der Waals surface area contributed by atoms with Gasteiger partial charge in [0.05, 0.1) is 15.7 Å². The second kappa shape index (κ2) is 6.56. The van der Waals surface area contributed by atoms with E-state index < -0.39 is 43.6 Å². The van der Waals surface area contributed by atoms with Crippen LogP contribution in [0.15, 0.2) is 29.2 Å². The zero-order chi connectivity index (χ0) is 18.2. The minimum atomic E-state index is -4.42. The van der Waals surface area contributed by atoms with Crippen LogP contribution in [0.4, 0.5) is 5.69 Å². The van der Waals surface area contributed by atoms with E-state index in [1.165, 1.54) is 0 Å². The second-order valence-corrected chi connectivity index (χ2v) is 7.40. The lowest BCUT2D eigenvalue weighted by Crippen LogP contribution is -2.14. The molecule has 0 saturated heterocycles. The van der Waals surface area contributed by atoms with Crippen LogP contribution in [-0.4, -0.2) is 29.7 Å². The van der Waals surface area contributed by atoms with E-state index in [1.807, 2.05) is 4.72 Å². The Labute approximate surface area is 151 Å². The molecule has 0 fully saturated rings. The molecule has 4 N–H and O–H groups in total. The van der Waals surface area contributed by atoms with Crippen molar-refractivity contribution in [3.63, 3.8) is 0 Å². The van der Waals surface area contributed by atoms with Gasteiger partial charge >= 0.3 is 5.97 Å². The number of nitrogens with one attached hydrogen (secondary N) is 1. The van der Waals surface area contributed by atoms with Crippen LogP contribution in [-0.2, 0) is 10.0 Å². The number of aromatic hydroxyl groups is 2. The number of hydrogen-bond acceptors (Lipinski definition) is 5. The minimum absolute atomic E-state index is 0.0631. The molecule has 0 aromatic heterocycles. The lowest BCUT2D eigenvalue weighted by molar-refractivity contribution is 0.0694. The van der Waals surface area contributed by atoms with Crippen LogP contribution in [0.5, 0.6) is 11.5 Å². The van der Waals surface area contributed by atoms with E-state index in [-0.39, 0.29) is 15.1 Å². The Morgan fingerprint density at radius 2 is 1.58 bits per heavy atom. The molecule has 24 heavy (non-hydrogen) atoms. The normalized spacial score (nSPS) is 11.3. The number of benzene rings is 2. The van der Waals surface area contributed by atoms with E-state index in [0.717, 1.165) is 24.3 Å². The summed E-state index contributed by atoms with van der Waals surface area (Å²) in [7, 11) is -4.42. The predicted molar refractivity (Wildman–Crippen MR) is 89.0 cm³/mol. The molecule has 0 bridgehead atoms. The smallest absolute Gasteiger partial charge is 0.339 e. The van der Waals surface area contributed by atoms with Crippen LogP contribution in [0, 0.1) is 0 Å². The van der Waals surface area contributed by atoms with Crippen molar-refractivity contribution < 1.29 is 28.5 Å². The van der Waals surface area contributed by atoms with Crippen molar-refractivity contribution in [2.45, 2.75) is 4.90 Å². The Hall–Kier alpha value is -1.87. The molecule has 0 amide bonds. The first-order valence-corrected chi connectivity index (χ1v) is 8.61. The first-order chi connectivity index (χ1) is 11.0. The summed E-state index contributed by atoms with van der Waals surface area (Å²) in [5, 5.41) is 28.3. The summed E-state index contributed by atoms with van der Waals surface area (Å²) < 4.78 is 26.7.